The zero-order chi connectivity index (χ0) is 21.7. The molecule has 8 heteroatoms. The molecular formula is C24H20FN7. The minimum atomic E-state index is -0.394. The smallest absolute Gasteiger partial charge is 0.206 e. The first-order valence-corrected chi connectivity index (χ1v) is 10.5. The maximum Gasteiger partial charge on any atom is 0.206 e. The number of para-hydroxylation sites is 1. The molecule has 0 saturated heterocycles. The molecule has 0 radical (unpaired) electrons. The Morgan fingerprint density at radius 1 is 1.06 bits per heavy atom. The van der Waals surface area contributed by atoms with Gasteiger partial charge in [-0.1, -0.05) is 18.2 Å². The second-order valence-electron chi connectivity index (χ2n) is 8.07. The summed E-state index contributed by atoms with van der Waals surface area (Å²) in [5.74, 6) is -0.161. The third kappa shape index (κ3) is 3.16. The summed E-state index contributed by atoms with van der Waals surface area (Å²) >= 11 is 0. The highest BCUT2D eigenvalue weighted by Gasteiger charge is 2.19. The van der Waals surface area contributed by atoms with E-state index in [0.717, 1.165) is 36.5 Å². The van der Waals surface area contributed by atoms with Crippen LogP contribution in [0.5, 0.6) is 0 Å². The average Bonchev–Trinajstić information content (AvgIpc) is 3.25. The Hall–Kier alpha value is -3.91. The van der Waals surface area contributed by atoms with Crippen molar-refractivity contribution >= 4 is 22.5 Å². The molecule has 0 saturated carbocycles. The molecule has 4 heterocycles. The molecule has 0 aliphatic carbocycles. The molecular weight excluding hydrogens is 405 g/mol. The minimum Gasteiger partial charge on any atom is -0.369 e. The van der Waals surface area contributed by atoms with Crippen LogP contribution in [0.15, 0.2) is 61.2 Å². The highest BCUT2D eigenvalue weighted by molar-refractivity contribution is 5.92. The number of nitrogens with zero attached hydrogens (tertiary/aromatic N) is 6. The quantitative estimate of drug-likeness (QED) is 0.475. The third-order valence-corrected chi connectivity index (χ3v) is 6.00. The number of rotatable bonds is 3. The van der Waals surface area contributed by atoms with Crippen molar-refractivity contribution < 1.29 is 4.39 Å². The molecule has 3 aromatic heterocycles. The van der Waals surface area contributed by atoms with Crippen molar-refractivity contribution in [1.82, 2.24) is 29.2 Å². The largest absolute Gasteiger partial charge is 0.369 e. The first-order chi connectivity index (χ1) is 15.7. The Bertz CT molecular complexity index is 1460. The van der Waals surface area contributed by atoms with E-state index >= 15 is 0 Å². The summed E-state index contributed by atoms with van der Waals surface area (Å²) in [6.45, 7) is 2.45. The van der Waals surface area contributed by atoms with Gasteiger partial charge < -0.3 is 5.73 Å². The van der Waals surface area contributed by atoms with Gasteiger partial charge >= 0.3 is 0 Å². The lowest BCUT2D eigenvalue weighted by Crippen LogP contribution is -2.30. The van der Waals surface area contributed by atoms with Crippen LogP contribution in [-0.4, -0.2) is 35.8 Å². The highest BCUT2D eigenvalue weighted by Crippen LogP contribution is 2.27. The van der Waals surface area contributed by atoms with E-state index < -0.39 is 5.82 Å². The van der Waals surface area contributed by atoms with Crippen molar-refractivity contribution in [2.45, 2.75) is 19.5 Å². The van der Waals surface area contributed by atoms with Crippen molar-refractivity contribution in [3.8, 4) is 11.3 Å². The Morgan fingerprint density at radius 3 is 2.88 bits per heavy atom. The van der Waals surface area contributed by atoms with E-state index in [9.17, 15) is 4.39 Å². The van der Waals surface area contributed by atoms with E-state index in [0.29, 0.717) is 17.6 Å². The van der Waals surface area contributed by atoms with Gasteiger partial charge in [-0.25, -0.2) is 14.4 Å². The summed E-state index contributed by atoms with van der Waals surface area (Å²) in [5, 5.41) is 0.658. The van der Waals surface area contributed by atoms with Crippen LogP contribution < -0.4 is 5.73 Å². The molecule has 0 bridgehead atoms. The number of hydrogen-bond donors (Lipinski definition) is 1. The van der Waals surface area contributed by atoms with Crippen LogP contribution in [-0.2, 0) is 19.5 Å². The van der Waals surface area contributed by atoms with E-state index in [1.165, 1.54) is 17.2 Å². The van der Waals surface area contributed by atoms with Crippen LogP contribution in [0.2, 0.25) is 0 Å². The lowest BCUT2D eigenvalue weighted by Gasteiger charge is -2.28. The Balaban J connectivity index is 1.27. The number of anilines is 1. The summed E-state index contributed by atoms with van der Waals surface area (Å²) in [6.07, 6.45) is 8.03. The van der Waals surface area contributed by atoms with Crippen molar-refractivity contribution in [3.05, 3.63) is 83.8 Å². The molecule has 1 aliphatic heterocycles. The van der Waals surface area contributed by atoms with Gasteiger partial charge in [0, 0.05) is 49.2 Å². The predicted molar refractivity (Wildman–Crippen MR) is 120 cm³/mol. The van der Waals surface area contributed by atoms with Gasteiger partial charge in [0.1, 0.15) is 17.0 Å². The summed E-state index contributed by atoms with van der Waals surface area (Å²) in [7, 11) is 0. The van der Waals surface area contributed by atoms with Gasteiger partial charge in [0.05, 0.1) is 17.6 Å². The fourth-order valence-corrected chi connectivity index (χ4v) is 4.43. The van der Waals surface area contributed by atoms with Gasteiger partial charge in [-0.3, -0.25) is 19.3 Å². The van der Waals surface area contributed by atoms with E-state index in [4.69, 9.17) is 10.7 Å². The summed E-state index contributed by atoms with van der Waals surface area (Å²) in [4.78, 5) is 19.9. The molecule has 2 aromatic carbocycles. The van der Waals surface area contributed by atoms with Crippen LogP contribution in [0.3, 0.4) is 0 Å². The molecule has 32 heavy (non-hydrogen) atoms. The highest BCUT2D eigenvalue weighted by atomic mass is 19.1. The molecule has 7 nitrogen and oxygen atoms in total. The average molecular weight is 425 g/mol. The maximum absolute atomic E-state index is 14.2. The number of hydrogen-bond acceptors (Lipinski definition) is 6. The molecule has 158 valence electrons. The lowest BCUT2D eigenvalue weighted by atomic mass is 9.96. The van der Waals surface area contributed by atoms with Crippen molar-refractivity contribution in [2.24, 2.45) is 0 Å². The van der Waals surface area contributed by atoms with E-state index in [1.54, 1.807) is 29.1 Å². The Labute approximate surface area is 183 Å². The maximum atomic E-state index is 14.2. The van der Waals surface area contributed by atoms with Crippen LogP contribution in [0.25, 0.3) is 27.8 Å². The molecule has 0 unspecified atom stereocenters. The van der Waals surface area contributed by atoms with E-state index in [2.05, 4.69) is 38.1 Å². The molecule has 0 fully saturated rings. The number of fused-ring (bicyclic) bond motifs is 4. The molecule has 0 spiro atoms. The normalized spacial score (nSPS) is 14.2. The third-order valence-electron chi connectivity index (χ3n) is 6.00. The van der Waals surface area contributed by atoms with Gasteiger partial charge in [0.2, 0.25) is 5.95 Å². The van der Waals surface area contributed by atoms with Gasteiger partial charge in [-0.15, -0.1) is 0 Å². The molecule has 1 aliphatic rings. The van der Waals surface area contributed by atoms with Crippen molar-refractivity contribution in [1.29, 1.82) is 0 Å². The predicted octanol–water partition coefficient (Wildman–Crippen LogP) is 3.62. The standard InChI is InChI=1S/C24H20FN7/c25-20-3-1-2-19-22(20)30-24(26)32-14-18(29-23(19)32)13-31-9-6-15-10-16(4-5-17(15)12-31)21-11-27-7-8-28-21/h1-5,7-8,10-11,14H,6,9,12-13H2,(H2,26,30). The molecule has 5 aromatic rings. The monoisotopic (exact) mass is 425 g/mol. The summed E-state index contributed by atoms with van der Waals surface area (Å²) in [6, 6.07) is 11.4. The molecule has 0 amide bonds. The minimum absolute atomic E-state index is 0.233. The van der Waals surface area contributed by atoms with Crippen LogP contribution in [0, 0.1) is 5.82 Å². The lowest BCUT2D eigenvalue weighted by molar-refractivity contribution is 0.243. The topological polar surface area (TPSA) is 85.2 Å². The zero-order valence-electron chi connectivity index (χ0n) is 17.2. The van der Waals surface area contributed by atoms with Crippen LogP contribution in [0.4, 0.5) is 10.3 Å². The number of aromatic nitrogens is 5. The number of nitrogen functional groups attached to an aromatic ring is 1. The van der Waals surface area contributed by atoms with Crippen molar-refractivity contribution in [3.63, 3.8) is 0 Å². The fourth-order valence-electron chi connectivity index (χ4n) is 4.43. The first-order valence-electron chi connectivity index (χ1n) is 10.5. The number of nitrogens with two attached hydrogens (primary N) is 1. The van der Waals surface area contributed by atoms with Crippen LogP contribution >= 0.6 is 0 Å². The zero-order valence-corrected chi connectivity index (χ0v) is 17.2. The number of imidazole rings is 1. The second kappa shape index (κ2) is 7.35. The van der Waals surface area contributed by atoms with Gasteiger partial charge in [-0.2, -0.15) is 0 Å². The first kappa shape index (κ1) is 18.8. The van der Waals surface area contributed by atoms with Crippen LogP contribution in [0.1, 0.15) is 16.8 Å². The molecule has 0 atom stereocenters. The van der Waals surface area contributed by atoms with Gasteiger partial charge in [0.25, 0.3) is 0 Å². The van der Waals surface area contributed by atoms with E-state index in [-0.39, 0.29) is 11.5 Å². The van der Waals surface area contributed by atoms with Gasteiger partial charge in [0.15, 0.2) is 0 Å². The Kier molecular flexibility index (Phi) is 4.32. The van der Waals surface area contributed by atoms with Gasteiger partial charge in [-0.05, 0) is 35.7 Å². The van der Waals surface area contributed by atoms with E-state index in [1.807, 2.05) is 12.3 Å². The summed E-state index contributed by atoms with van der Waals surface area (Å²) in [5.41, 5.74) is 12.5. The Morgan fingerprint density at radius 2 is 2.00 bits per heavy atom. The second-order valence-corrected chi connectivity index (χ2v) is 8.07. The fraction of sp³-hybridized carbons (Fsp3) is 0.167. The SMILES string of the molecule is Nc1nc2c(F)cccc2c2nc(CN3CCc4cc(-c5cnccn5)ccc4C3)cn12. The molecule has 6 rings (SSSR count). The summed E-state index contributed by atoms with van der Waals surface area (Å²) < 4.78 is 15.9. The number of benzene rings is 2. The molecule has 2 N–H and O–H groups in total. The van der Waals surface area contributed by atoms with Crippen molar-refractivity contribution in [2.75, 3.05) is 12.3 Å². The number of halogens is 1.